The molecule has 2 aromatic heterocycles. The van der Waals surface area contributed by atoms with Gasteiger partial charge in [0.15, 0.2) is 17.0 Å². The lowest BCUT2D eigenvalue weighted by Gasteiger charge is -2.23. The molecule has 3 aromatic rings. The maximum atomic E-state index is 10.7. The highest BCUT2D eigenvalue weighted by Crippen LogP contribution is 2.41. The van der Waals surface area contributed by atoms with E-state index in [4.69, 9.17) is 4.74 Å². The highest BCUT2D eigenvalue weighted by atomic mass is 16.5. The Morgan fingerprint density at radius 1 is 1.14 bits per heavy atom. The number of imidazole rings is 1. The van der Waals surface area contributed by atoms with E-state index in [1.807, 2.05) is 23.0 Å². The summed E-state index contributed by atoms with van der Waals surface area (Å²) in [7, 11) is 0. The summed E-state index contributed by atoms with van der Waals surface area (Å²) >= 11 is 0. The summed E-state index contributed by atoms with van der Waals surface area (Å²) in [6, 6.07) is 8.07. The Bertz CT molecular complexity index is 1040. The van der Waals surface area contributed by atoms with Gasteiger partial charge < -0.3 is 19.3 Å². The topological polar surface area (TPSA) is 76.3 Å². The zero-order valence-electron chi connectivity index (χ0n) is 15.7. The van der Waals surface area contributed by atoms with Crippen LogP contribution in [0, 0.1) is 5.41 Å². The van der Waals surface area contributed by atoms with Crippen LogP contribution in [0.3, 0.4) is 0 Å². The van der Waals surface area contributed by atoms with E-state index in [2.05, 4.69) is 32.0 Å². The number of aliphatic hydroxyl groups is 1. The van der Waals surface area contributed by atoms with Crippen LogP contribution >= 0.6 is 0 Å². The number of aromatic nitrogens is 4. The van der Waals surface area contributed by atoms with Crippen LogP contribution in [-0.2, 0) is 11.2 Å². The first-order valence-corrected chi connectivity index (χ1v) is 10.0. The second-order valence-electron chi connectivity index (χ2n) is 8.41. The van der Waals surface area contributed by atoms with Gasteiger partial charge >= 0.3 is 0 Å². The number of aliphatic hydroxyl groups excluding tert-OH is 1. The Morgan fingerprint density at radius 3 is 2.96 bits per heavy atom. The molecule has 7 heteroatoms. The van der Waals surface area contributed by atoms with Crippen molar-refractivity contribution in [3.05, 3.63) is 48.0 Å². The van der Waals surface area contributed by atoms with Crippen molar-refractivity contribution in [3.8, 4) is 0 Å². The SMILES string of the molecule is O[C@@H]1Cc2ccccc2[C@@H]1n1cnc2c(N3CCC4(CCOC4)C3)ncnc21. The summed E-state index contributed by atoms with van der Waals surface area (Å²) in [6.07, 6.45) is 5.87. The van der Waals surface area contributed by atoms with Crippen LogP contribution < -0.4 is 4.90 Å². The molecule has 1 unspecified atom stereocenters. The summed E-state index contributed by atoms with van der Waals surface area (Å²) in [5.74, 6) is 0.897. The molecular formula is C21H23N5O2. The van der Waals surface area contributed by atoms with E-state index in [1.165, 1.54) is 5.56 Å². The molecule has 6 rings (SSSR count). The summed E-state index contributed by atoms with van der Waals surface area (Å²) < 4.78 is 7.68. The number of hydrogen-bond acceptors (Lipinski definition) is 6. The van der Waals surface area contributed by atoms with Crippen LogP contribution in [0.5, 0.6) is 0 Å². The first-order chi connectivity index (χ1) is 13.7. The largest absolute Gasteiger partial charge is 0.390 e. The van der Waals surface area contributed by atoms with Crippen LogP contribution in [-0.4, -0.2) is 57.0 Å². The highest BCUT2D eigenvalue weighted by molar-refractivity contribution is 5.83. The zero-order chi connectivity index (χ0) is 18.7. The lowest BCUT2D eigenvalue weighted by molar-refractivity contribution is 0.145. The molecule has 2 aliphatic heterocycles. The molecule has 1 N–H and O–H groups in total. The molecule has 1 spiro atoms. The fraction of sp³-hybridized carbons (Fsp3) is 0.476. The standard InChI is InChI=1S/C21H23N5O2/c27-16-9-14-3-1-2-4-15(14)18(16)26-13-24-17-19(22-12-23-20(17)26)25-7-5-21(10-25)6-8-28-11-21/h1-4,12-13,16,18,27H,5-11H2/t16-,18+,21?/m1/s1. The first kappa shape index (κ1) is 16.4. The van der Waals surface area contributed by atoms with E-state index in [9.17, 15) is 5.11 Å². The number of ether oxygens (including phenoxy) is 1. The van der Waals surface area contributed by atoms with Crippen LogP contribution in [0.1, 0.15) is 30.0 Å². The van der Waals surface area contributed by atoms with Crippen molar-refractivity contribution >= 4 is 17.0 Å². The van der Waals surface area contributed by atoms with Crippen molar-refractivity contribution in [2.45, 2.75) is 31.4 Å². The highest BCUT2D eigenvalue weighted by Gasteiger charge is 2.42. The van der Waals surface area contributed by atoms with Gasteiger partial charge in [-0.15, -0.1) is 0 Å². The number of fused-ring (bicyclic) bond motifs is 2. The fourth-order valence-corrected chi connectivity index (χ4v) is 5.25. The average molecular weight is 377 g/mol. The van der Waals surface area contributed by atoms with Crippen molar-refractivity contribution in [2.24, 2.45) is 5.41 Å². The Hall–Kier alpha value is -2.51. The fourth-order valence-electron chi connectivity index (χ4n) is 5.25. The molecule has 4 heterocycles. The molecule has 2 fully saturated rings. The van der Waals surface area contributed by atoms with Gasteiger partial charge in [-0.05, 0) is 24.0 Å². The van der Waals surface area contributed by atoms with E-state index in [1.54, 1.807) is 6.33 Å². The van der Waals surface area contributed by atoms with Crippen molar-refractivity contribution in [2.75, 3.05) is 31.2 Å². The van der Waals surface area contributed by atoms with Crippen molar-refractivity contribution in [1.29, 1.82) is 0 Å². The Kier molecular flexibility index (Phi) is 3.52. The molecular weight excluding hydrogens is 354 g/mol. The first-order valence-electron chi connectivity index (χ1n) is 10.0. The van der Waals surface area contributed by atoms with Gasteiger partial charge in [0.25, 0.3) is 0 Å². The monoisotopic (exact) mass is 377 g/mol. The minimum Gasteiger partial charge on any atom is -0.390 e. The lowest BCUT2D eigenvalue weighted by Crippen LogP contribution is -2.28. The predicted octanol–water partition coefficient (Wildman–Crippen LogP) is 1.95. The van der Waals surface area contributed by atoms with E-state index in [0.29, 0.717) is 6.42 Å². The van der Waals surface area contributed by atoms with Crippen LogP contribution in [0.15, 0.2) is 36.9 Å². The van der Waals surface area contributed by atoms with Gasteiger partial charge in [0.05, 0.1) is 25.1 Å². The molecule has 0 saturated carbocycles. The summed E-state index contributed by atoms with van der Waals surface area (Å²) in [6.45, 7) is 3.63. The molecule has 3 atom stereocenters. The van der Waals surface area contributed by atoms with E-state index < -0.39 is 6.10 Å². The molecule has 0 radical (unpaired) electrons. The van der Waals surface area contributed by atoms with Crippen molar-refractivity contribution < 1.29 is 9.84 Å². The maximum Gasteiger partial charge on any atom is 0.166 e. The van der Waals surface area contributed by atoms with Crippen LogP contribution in [0.2, 0.25) is 0 Å². The Labute approximate surface area is 163 Å². The van der Waals surface area contributed by atoms with Gasteiger partial charge in [0.2, 0.25) is 0 Å². The smallest absolute Gasteiger partial charge is 0.166 e. The van der Waals surface area contributed by atoms with Crippen molar-refractivity contribution in [3.63, 3.8) is 0 Å². The second-order valence-corrected chi connectivity index (χ2v) is 8.41. The molecule has 0 bridgehead atoms. The molecule has 1 aromatic carbocycles. The number of hydrogen-bond donors (Lipinski definition) is 1. The molecule has 0 amide bonds. The van der Waals surface area contributed by atoms with Gasteiger partial charge in [-0.3, -0.25) is 0 Å². The molecule has 2 saturated heterocycles. The zero-order valence-corrected chi connectivity index (χ0v) is 15.7. The van der Waals surface area contributed by atoms with Crippen molar-refractivity contribution in [1.82, 2.24) is 19.5 Å². The average Bonchev–Trinajstić information content (AvgIpc) is 3.48. The van der Waals surface area contributed by atoms with Gasteiger partial charge in [-0.1, -0.05) is 24.3 Å². The maximum absolute atomic E-state index is 10.7. The molecule has 3 aliphatic rings. The van der Waals surface area contributed by atoms with Gasteiger partial charge in [0, 0.05) is 31.5 Å². The normalized spacial score (nSPS) is 29.2. The number of rotatable bonds is 2. The van der Waals surface area contributed by atoms with Gasteiger partial charge in [0.1, 0.15) is 6.33 Å². The van der Waals surface area contributed by atoms with Crippen LogP contribution in [0.25, 0.3) is 11.2 Å². The summed E-state index contributed by atoms with van der Waals surface area (Å²) in [4.78, 5) is 16.1. The van der Waals surface area contributed by atoms with E-state index in [0.717, 1.165) is 61.7 Å². The summed E-state index contributed by atoms with van der Waals surface area (Å²) in [5, 5.41) is 10.7. The quantitative estimate of drug-likeness (QED) is 0.736. The molecule has 7 nitrogen and oxygen atoms in total. The third-order valence-corrected chi connectivity index (χ3v) is 6.73. The third-order valence-electron chi connectivity index (χ3n) is 6.73. The summed E-state index contributed by atoms with van der Waals surface area (Å²) in [5.41, 5.74) is 4.21. The number of nitrogens with zero attached hydrogens (tertiary/aromatic N) is 5. The van der Waals surface area contributed by atoms with Gasteiger partial charge in [-0.25, -0.2) is 15.0 Å². The molecule has 144 valence electrons. The minimum atomic E-state index is -0.473. The molecule has 28 heavy (non-hydrogen) atoms. The van der Waals surface area contributed by atoms with Gasteiger partial charge in [-0.2, -0.15) is 0 Å². The Balaban J connectivity index is 1.40. The second kappa shape index (κ2) is 5.99. The number of benzene rings is 1. The lowest BCUT2D eigenvalue weighted by atomic mass is 9.87. The molecule has 1 aliphatic carbocycles. The third kappa shape index (κ3) is 2.32. The van der Waals surface area contributed by atoms with E-state index in [-0.39, 0.29) is 11.5 Å². The Morgan fingerprint density at radius 2 is 2.07 bits per heavy atom. The van der Waals surface area contributed by atoms with Crippen LogP contribution in [0.4, 0.5) is 5.82 Å². The number of anilines is 1. The predicted molar refractivity (Wildman–Crippen MR) is 104 cm³/mol. The minimum absolute atomic E-state index is 0.155. The van der Waals surface area contributed by atoms with E-state index >= 15 is 0 Å².